The zero-order valence-corrected chi connectivity index (χ0v) is 15.7. The molecule has 1 aromatic carbocycles. The third-order valence-electron chi connectivity index (χ3n) is 4.20. The van der Waals surface area contributed by atoms with Gasteiger partial charge >= 0.3 is 6.18 Å². The summed E-state index contributed by atoms with van der Waals surface area (Å²) in [7, 11) is 0. The number of nitrogens with two attached hydrogens (primary N) is 2. The number of rotatable bonds is 7. The summed E-state index contributed by atoms with van der Waals surface area (Å²) in [4.78, 5) is 31.1. The fourth-order valence-electron chi connectivity index (χ4n) is 2.78. The largest absolute Gasteiger partial charge is 0.391 e. The van der Waals surface area contributed by atoms with Crippen molar-refractivity contribution in [1.82, 2.24) is 9.97 Å². The van der Waals surface area contributed by atoms with Crippen LogP contribution in [0, 0.1) is 5.82 Å². The normalized spacial score (nSPS) is 12.4. The molecule has 0 bridgehead atoms. The number of carbonyl (C=O) groups excluding carboxylic acids is 2. The molecular formula is C19H16F4N6O2. The van der Waals surface area contributed by atoms with E-state index in [1.807, 2.05) is 5.32 Å². The van der Waals surface area contributed by atoms with Crippen LogP contribution in [0.5, 0.6) is 0 Å². The van der Waals surface area contributed by atoms with Crippen molar-refractivity contribution in [3.63, 3.8) is 0 Å². The summed E-state index contributed by atoms with van der Waals surface area (Å²) in [5.74, 6) is -4.49. The topological polar surface area (TPSA) is 136 Å². The van der Waals surface area contributed by atoms with Crippen LogP contribution >= 0.6 is 0 Å². The van der Waals surface area contributed by atoms with Gasteiger partial charge < -0.3 is 22.1 Å². The van der Waals surface area contributed by atoms with Crippen molar-refractivity contribution in [1.29, 1.82) is 0 Å². The summed E-state index contributed by atoms with van der Waals surface area (Å²) >= 11 is 0. The Bertz CT molecular complexity index is 1150. The average molecular weight is 436 g/mol. The molecule has 0 saturated carbocycles. The van der Waals surface area contributed by atoms with Gasteiger partial charge in [0.25, 0.3) is 5.91 Å². The lowest BCUT2D eigenvalue weighted by atomic mass is 10.1. The zero-order chi connectivity index (χ0) is 22.8. The monoisotopic (exact) mass is 436 g/mol. The molecule has 8 nitrogen and oxygen atoms in total. The molecular weight excluding hydrogens is 420 g/mol. The van der Waals surface area contributed by atoms with Crippen molar-refractivity contribution in [3.8, 4) is 0 Å². The first-order chi connectivity index (χ1) is 14.5. The van der Waals surface area contributed by atoms with Crippen molar-refractivity contribution in [3.05, 3.63) is 54.0 Å². The second-order valence-corrected chi connectivity index (χ2v) is 6.53. The number of alkyl halides is 3. The van der Waals surface area contributed by atoms with Crippen LogP contribution in [0.1, 0.15) is 16.8 Å². The van der Waals surface area contributed by atoms with Crippen molar-refractivity contribution in [2.24, 2.45) is 11.5 Å². The fraction of sp³-hybridized carbons (Fsp3) is 0.158. The number of carbonyl (C=O) groups is 2. The van der Waals surface area contributed by atoms with E-state index in [4.69, 9.17) is 11.5 Å². The van der Waals surface area contributed by atoms with E-state index in [0.717, 1.165) is 5.39 Å². The minimum Gasteiger partial charge on any atom is -0.368 e. The third-order valence-corrected chi connectivity index (χ3v) is 4.20. The van der Waals surface area contributed by atoms with Gasteiger partial charge in [0, 0.05) is 17.3 Å². The highest BCUT2D eigenvalue weighted by molar-refractivity contribution is 5.99. The van der Waals surface area contributed by atoms with Crippen LogP contribution in [-0.4, -0.2) is 34.0 Å². The fourth-order valence-corrected chi connectivity index (χ4v) is 2.78. The Morgan fingerprint density at radius 3 is 2.48 bits per heavy atom. The molecule has 2 heterocycles. The first-order valence-corrected chi connectivity index (χ1v) is 8.78. The first-order valence-electron chi connectivity index (χ1n) is 8.78. The maximum atomic E-state index is 14.4. The Kier molecular flexibility index (Phi) is 5.90. The third kappa shape index (κ3) is 5.35. The molecule has 3 rings (SSSR count). The number of primary amides is 2. The number of nitrogens with zero attached hydrogens (tertiary/aromatic N) is 2. The molecule has 0 radical (unpaired) electrons. The number of anilines is 3. The van der Waals surface area contributed by atoms with Crippen LogP contribution < -0.4 is 22.1 Å². The van der Waals surface area contributed by atoms with Gasteiger partial charge in [0.15, 0.2) is 11.6 Å². The van der Waals surface area contributed by atoms with E-state index < -0.39 is 42.1 Å². The first kappa shape index (κ1) is 21.7. The second-order valence-electron chi connectivity index (χ2n) is 6.53. The number of nitrogens with one attached hydrogen (secondary N) is 2. The highest BCUT2D eigenvalue weighted by Crippen LogP contribution is 2.28. The van der Waals surface area contributed by atoms with E-state index in [2.05, 4.69) is 15.3 Å². The molecule has 3 aromatic rings. The predicted octanol–water partition coefficient (Wildman–Crippen LogP) is 2.83. The molecule has 0 unspecified atom stereocenters. The molecule has 0 aliphatic carbocycles. The van der Waals surface area contributed by atoms with Gasteiger partial charge in [-0.15, -0.1) is 0 Å². The summed E-state index contributed by atoms with van der Waals surface area (Å²) in [6, 6.07) is 7.17. The number of halogens is 4. The Morgan fingerprint density at radius 2 is 1.84 bits per heavy atom. The van der Waals surface area contributed by atoms with Gasteiger partial charge in [-0.05, 0) is 30.3 Å². The number of aromatic nitrogens is 2. The van der Waals surface area contributed by atoms with Crippen LogP contribution in [0.25, 0.3) is 10.9 Å². The molecule has 12 heteroatoms. The molecule has 2 aromatic heterocycles. The van der Waals surface area contributed by atoms with Crippen LogP contribution in [0.15, 0.2) is 42.6 Å². The Hall–Kier alpha value is -3.96. The summed E-state index contributed by atoms with van der Waals surface area (Å²) in [5.41, 5.74) is 11.0. The lowest BCUT2D eigenvalue weighted by Crippen LogP contribution is -2.39. The van der Waals surface area contributed by atoms with Crippen molar-refractivity contribution in [2.75, 3.05) is 10.6 Å². The van der Waals surface area contributed by atoms with Crippen LogP contribution in [-0.2, 0) is 4.79 Å². The van der Waals surface area contributed by atoms with Gasteiger partial charge in [-0.3, -0.25) is 14.6 Å². The lowest BCUT2D eigenvalue weighted by molar-refractivity contribution is -0.144. The number of amides is 2. The molecule has 31 heavy (non-hydrogen) atoms. The van der Waals surface area contributed by atoms with Crippen molar-refractivity contribution < 1.29 is 27.2 Å². The smallest absolute Gasteiger partial charge is 0.368 e. The number of benzene rings is 1. The number of hydrogen-bond acceptors (Lipinski definition) is 6. The summed E-state index contributed by atoms with van der Waals surface area (Å²) in [6.45, 7) is 0. The standard InChI is InChI=1S/C19H16F4N6O2/c20-12-7-11(15(24)30)17(27-10-3-4-13-9(6-10)2-1-5-26-13)29-18(12)28-14(16(25)31)8-19(21,22)23/h1-7,14H,8H2,(H2,24,30)(H2,25,31)(H2,27,28,29)/t14-/m1/s1. The van der Waals surface area contributed by atoms with E-state index >= 15 is 0 Å². The number of pyridine rings is 2. The van der Waals surface area contributed by atoms with Gasteiger partial charge in [-0.2, -0.15) is 13.2 Å². The lowest BCUT2D eigenvalue weighted by Gasteiger charge is -2.19. The summed E-state index contributed by atoms with van der Waals surface area (Å²) < 4.78 is 52.5. The molecule has 0 saturated heterocycles. The minimum absolute atomic E-state index is 0.227. The van der Waals surface area contributed by atoms with Crippen LogP contribution in [0.4, 0.5) is 34.9 Å². The van der Waals surface area contributed by atoms with Crippen molar-refractivity contribution >= 4 is 40.0 Å². The number of fused-ring (bicyclic) bond motifs is 1. The van der Waals surface area contributed by atoms with E-state index in [1.165, 1.54) is 0 Å². The molecule has 6 N–H and O–H groups in total. The molecule has 2 amide bonds. The van der Waals surface area contributed by atoms with Crippen LogP contribution in [0.3, 0.4) is 0 Å². The van der Waals surface area contributed by atoms with Gasteiger partial charge in [0.1, 0.15) is 11.9 Å². The average Bonchev–Trinajstić information content (AvgIpc) is 2.68. The predicted molar refractivity (Wildman–Crippen MR) is 105 cm³/mol. The van der Waals surface area contributed by atoms with Gasteiger partial charge in [0.2, 0.25) is 5.91 Å². The van der Waals surface area contributed by atoms with E-state index in [-0.39, 0.29) is 11.4 Å². The van der Waals surface area contributed by atoms with Gasteiger partial charge in [0.05, 0.1) is 17.5 Å². The van der Waals surface area contributed by atoms with E-state index in [0.29, 0.717) is 17.3 Å². The molecule has 0 aliphatic rings. The van der Waals surface area contributed by atoms with E-state index in [1.54, 1.807) is 36.5 Å². The Balaban J connectivity index is 1.98. The van der Waals surface area contributed by atoms with Gasteiger partial charge in [-0.1, -0.05) is 6.07 Å². The Labute approximate surface area is 172 Å². The van der Waals surface area contributed by atoms with Crippen molar-refractivity contribution in [2.45, 2.75) is 18.6 Å². The molecule has 0 aliphatic heterocycles. The maximum absolute atomic E-state index is 14.4. The second kappa shape index (κ2) is 8.42. The number of hydrogen-bond donors (Lipinski definition) is 4. The molecule has 162 valence electrons. The molecule has 0 spiro atoms. The highest BCUT2D eigenvalue weighted by Gasteiger charge is 2.35. The summed E-state index contributed by atoms with van der Waals surface area (Å²) in [5, 5.41) is 5.57. The van der Waals surface area contributed by atoms with Crippen LogP contribution in [0.2, 0.25) is 0 Å². The summed E-state index contributed by atoms with van der Waals surface area (Å²) in [6.07, 6.45) is -4.77. The zero-order valence-electron chi connectivity index (χ0n) is 15.7. The Morgan fingerprint density at radius 1 is 1.10 bits per heavy atom. The quantitative estimate of drug-likeness (QED) is 0.421. The SMILES string of the molecule is NC(=O)c1cc(F)c(N[C@H](CC(F)(F)F)C(N)=O)nc1Nc1ccc2ncccc2c1. The van der Waals surface area contributed by atoms with Gasteiger partial charge in [-0.25, -0.2) is 9.37 Å². The molecule has 0 fully saturated rings. The van der Waals surface area contributed by atoms with E-state index in [9.17, 15) is 27.2 Å². The molecule has 1 atom stereocenters. The minimum atomic E-state index is -4.74. The highest BCUT2D eigenvalue weighted by atomic mass is 19.4. The maximum Gasteiger partial charge on any atom is 0.391 e.